The van der Waals surface area contributed by atoms with E-state index in [0.29, 0.717) is 25.1 Å². The van der Waals surface area contributed by atoms with Crippen molar-refractivity contribution in [2.45, 2.75) is 33.2 Å². The van der Waals surface area contributed by atoms with Gasteiger partial charge in [-0.15, -0.1) is 11.3 Å². The first-order valence-corrected chi connectivity index (χ1v) is 10.1. The van der Waals surface area contributed by atoms with Crippen molar-refractivity contribution in [1.29, 1.82) is 0 Å². The molecule has 0 saturated heterocycles. The maximum absolute atomic E-state index is 12.9. The average molecular weight is 394 g/mol. The van der Waals surface area contributed by atoms with Crippen molar-refractivity contribution in [3.8, 4) is 10.4 Å². The van der Waals surface area contributed by atoms with E-state index in [1.54, 1.807) is 4.90 Å². The zero-order valence-corrected chi connectivity index (χ0v) is 16.8. The molecule has 4 nitrogen and oxygen atoms in total. The van der Waals surface area contributed by atoms with Crippen LogP contribution in [0, 0.1) is 6.92 Å². The van der Waals surface area contributed by atoms with E-state index in [4.69, 9.17) is 0 Å². The number of thiophene rings is 1. The predicted molar refractivity (Wildman–Crippen MR) is 114 cm³/mol. The maximum Gasteiger partial charge on any atom is 0.348 e. The van der Waals surface area contributed by atoms with Gasteiger partial charge in [-0.2, -0.15) is 0 Å². The molecule has 5 heteroatoms. The second-order valence-corrected chi connectivity index (χ2v) is 7.70. The van der Waals surface area contributed by atoms with Gasteiger partial charge >= 0.3 is 5.97 Å². The lowest BCUT2D eigenvalue weighted by Crippen LogP contribution is -2.31. The Balaban J connectivity index is 2.08. The molecule has 0 aliphatic heterocycles. The van der Waals surface area contributed by atoms with Crippen molar-refractivity contribution in [3.05, 3.63) is 76.7 Å². The van der Waals surface area contributed by atoms with Crippen molar-refractivity contribution >= 4 is 28.9 Å². The summed E-state index contributed by atoms with van der Waals surface area (Å²) < 4.78 is 0. The highest BCUT2D eigenvalue weighted by Gasteiger charge is 2.25. The molecule has 28 heavy (non-hydrogen) atoms. The average Bonchev–Trinajstić information content (AvgIpc) is 3.13. The Kier molecular flexibility index (Phi) is 6.26. The van der Waals surface area contributed by atoms with Gasteiger partial charge in [-0.05, 0) is 36.1 Å². The van der Waals surface area contributed by atoms with Crippen LogP contribution in [0.15, 0.2) is 60.7 Å². The second-order valence-electron chi connectivity index (χ2n) is 6.65. The molecule has 2 aromatic carbocycles. The van der Waals surface area contributed by atoms with Crippen LogP contribution in [-0.4, -0.2) is 17.0 Å². The summed E-state index contributed by atoms with van der Waals surface area (Å²) in [7, 11) is 0. The third-order valence-electron chi connectivity index (χ3n) is 4.61. The Hall–Kier alpha value is -2.92. The molecule has 0 aliphatic rings. The zero-order chi connectivity index (χ0) is 20.1. The molecule has 0 spiro atoms. The fraction of sp³-hybridized carbons (Fsp3) is 0.217. The number of carboxylic acids is 1. The van der Waals surface area contributed by atoms with Crippen LogP contribution in [0.1, 0.15) is 40.6 Å². The number of aromatic carboxylic acids is 1. The number of nitrogens with zero attached hydrogens (tertiary/aromatic N) is 1. The number of benzene rings is 2. The number of anilines is 1. The van der Waals surface area contributed by atoms with Crippen LogP contribution in [0.25, 0.3) is 10.4 Å². The summed E-state index contributed by atoms with van der Waals surface area (Å²) in [6.07, 6.45) is 1.09. The third-order valence-corrected chi connectivity index (χ3v) is 5.77. The highest BCUT2D eigenvalue weighted by molar-refractivity contribution is 7.18. The van der Waals surface area contributed by atoms with E-state index in [1.165, 1.54) is 11.3 Å². The standard InChI is InChI=1S/C23H23NO3S/c1-3-9-21(25)24(15-18-13-8-7-10-16(18)2)19-14-20(28-22(19)23(26)27)17-11-5-4-6-12-17/h4-8,10-14H,3,9,15H2,1-2H3,(H,26,27). The first-order chi connectivity index (χ1) is 13.5. The van der Waals surface area contributed by atoms with E-state index in [1.807, 2.05) is 74.5 Å². The van der Waals surface area contributed by atoms with E-state index in [-0.39, 0.29) is 10.8 Å². The summed E-state index contributed by atoms with van der Waals surface area (Å²) in [5.74, 6) is -1.08. The molecule has 1 heterocycles. The number of hydrogen-bond acceptors (Lipinski definition) is 3. The Labute approximate surface area is 169 Å². The van der Waals surface area contributed by atoms with E-state index in [2.05, 4.69) is 0 Å². The molecule has 3 rings (SSSR count). The Morgan fingerprint density at radius 1 is 1.04 bits per heavy atom. The topological polar surface area (TPSA) is 57.6 Å². The lowest BCUT2D eigenvalue weighted by Gasteiger charge is -2.23. The van der Waals surface area contributed by atoms with E-state index in [9.17, 15) is 14.7 Å². The molecular formula is C23H23NO3S. The summed E-state index contributed by atoms with van der Waals surface area (Å²) in [6, 6.07) is 19.3. The van der Waals surface area contributed by atoms with Crippen molar-refractivity contribution in [1.82, 2.24) is 0 Å². The second kappa shape index (κ2) is 8.85. The van der Waals surface area contributed by atoms with Gasteiger partial charge in [-0.3, -0.25) is 4.79 Å². The lowest BCUT2D eigenvalue weighted by atomic mass is 10.1. The zero-order valence-electron chi connectivity index (χ0n) is 16.0. The van der Waals surface area contributed by atoms with Crippen molar-refractivity contribution in [2.24, 2.45) is 0 Å². The van der Waals surface area contributed by atoms with E-state index in [0.717, 1.165) is 21.6 Å². The number of carbonyl (C=O) groups excluding carboxylic acids is 1. The SMILES string of the molecule is CCCC(=O)N(Cc1ccccc1C)c1cc(-c2ccccc2)sc1C(=O)O. The maximum atomic E-state index is 12.9. The minimum atomic E-state index is -1.01. The molecule has 0 bridgehead atoms. The van der Waals surface area contributed by atoms with Gasteiger partial charge in [-0.25, -0.2) is 4.79 Å². The van der Waals surface area contributed by atoms with Crippen LogP contribution < -0.4 is 4.90 Å². The molecule has 0 fully saturated rings. The minimum absolute atomic E-state index is 0.0642. The van der Waals surface area contributed by atoms with Crippen molar-refractivity contribution < 1.29 is 14.7 Å². The highest BCUT2D eigenvalue weighted by atomic mass is 32.1. The Morgan fingerprint density at radius 3 is 2.36 bits per heavy atom. The number of carbonyl (C=O) groups is 2. The van der Waals surface area contributed by atoms with E-state index < -0.39 is 5.97 Å². The fourth-order valence-corrected chi connectivity index (χ4v) is 4.10. The summed E-state index contributed by atoms with van der Waals surface area (Å²) >= 11 is 1.21. The molecule has 0 aliphatic carbocycles. The molecule has 0 saturated carbocycles. The van der Waals surface area contributed by atoms with Gasteiger partial charge in [0, 0.05) is 11.3 Å². The molecule has 1 N–H and O–H groups in total. The number of amides is 1. The van der Waals surface area contributed by atoms with Gasteiger partial charge in [0.2, 0.25) is 5.91 Å². The van der Waals surface area contributed by atoms with Crippen LogP contribution in [0.4, 0.5) is 5.69 Å². The van der Waals surface area contributed by atoms with Gasteiger partial charge < -0.3 is 10.0 Å². The molecule has 0 unspecified atom stereocenters. The fourth-order valence-electron chi connectivity index (χ4n) is 3.09. The quantitative estimate of drug-likeness (QED) is 0.555. The van der Waals surface area contributed by atoms with Crippen LogP contribution in [0.5, 0.6) is 0 Å². The molecule has 144 valence electrons. The van der Waals surface area contributed by atoms with Crippen LogP contribution in [0.3, 0.4) is 0 Å². The summed E-state index contributed by atoms with van der Waals surface area (Å²) in [4.78, 5) is 27.5. The normalized spacial score (nSPS) is 10.6. The smallest absolute Gasteiger partial charge is 0.348 e. The highest BCUT2D eigenvalue weighted by Crippen LogP contribution is 2.38. The number of aryl methyl sites for hydroxylation is 1. The minimum Gasteiger partial charge on any atom is -0.477 e. The molecule has 0 atom stereocenters. The van der Waals surface area contributed by atoms with Crippen molar-refractivity contribution in [3.63, 3.8) is 0 Å². The van der Waals surface area contributed by atoms with Crippen LogP contribution in [0.2, 0.25) is 0 Å². The number of hydrogen-bond donors (Lipinski definition) is 1. The van der Waals surface area contributed by atoms with Crippen LogP contribution in [-0.2, 0) is 11.3 Å². The number of carboxylic acid groups (broad SMARTS) is 1. The molecule has 0 radical (unpaired) electrons. The number of rotatable bonds is 7. The molecule has 1 aromatic heterocycles. The summed E-state index contributed by atoms with van der Waals surface area (Å²) in [5.41, 5.74) is 3.50. The van der Waals surface area contributed by atoms with Gasteiger partial charge in [0.05, 0.1) is 12.2 Å². The summed E-state index contributed by atoms with van der Waals surface area (Å²) in [6.45, 7) is 4.31. The van der Waals surface area contributed by atoms with E-state index >= 15 is 0 Å². The van der Waals surface area contributed by atoms with Gasteiger partial charge in [0.15, 0.2) is 0 Å². The van der Waals surface area contributed by atoms with Crippen LogP contribution >= 0.6 is 11.3 Å². The predicted octanol–water partition coefficient (Wildman–Crippen LogP) is 5.76. The Bertz CT molecular complexity index is 979. The van der Waals surface area contributed by atoms with Gasteiger partial charge in [-0.1, -0.05) is 61.5 Å². The van der Waals surface area contributed by atoms with Gasteiger partial charge in [0.25, 0.3) is 0 Å². The summed E-state index contributed by atoms with van der Waals surface area (Å²) in [5, 5.41) is 9.78. The monoisotopic (exact) mass is 393 g/mol. The molecular weight excluding hydrogens is 370 g/mol. The molecule has 3 aromatic rings. The van der Waals surface area contributed by atoms with Crippen molar-refractivity contribution in [2.75, 3.05) is 4.90 Å². The first kappa shape index (κ1) is 19.8. The third kappa shape index (κ3) is 4.31. The lowest BCUT2D eigenvalue weighted by molar-refractivity contribution is -0.118. The first-order valence-electron chi connectivity index (χ1n) is 9.28. The Morgan fingerprint density at radius 2 is 1.71 bits per heavy atom. The van der Waals surface area contributed by atoms with Gasteiger partial charge in [0.1, 0.15) is 4.88 Å². The molecule has 1 amide bonds. The largest absolute Gasteiger partial charge is 0.477 e.